The van der Waals surface area contributed by atoms with Crippen LogP contribution in [0.2, 0.25) is 0 Å². The fourth-order valence-electron chi connectivity index (χ4n) is 3.78. The van der Waals surface area contributed by atoms with Crippen LogP contribution in [0.3, 0.4) is 0 Å². The predicted octanol–water partition coefficient (Wildman–Crippen LogP) is 1.12. The monoisotopic (exact) mass is 598 g/mol. The minimum atomic E-state index is -1.23. The van der Waals surface area contributed by atoms with Gasteiger partial charge in [-0.1, -0.05) is 20.8 Å². The number of carboxylic acid groups (broad SMARTS) is 1. The molecule has 13 nitrogen and oxygen atoms in total. The minimum absolute atomic E-state index is 0.0584. The highest BCUT2D eigenvalue weighted by Gasteiger charge is 2.36. The first-order valence-electron chi connectivity index (χ1n) is 14.3. The number of amides is 2. The van der Waals surface area contributed by atoms with Gasteiger partial charge in [0.15, 0.2) is 0 Å². The third kappa shape index (κ3) is 16.6. The Morgan fingerprint density at radius 3 is 1.71 bits per heavy atom. The first-order chi connectivity index (χ1) is 20.1. The molecule has 0 fully saturated rings. The maximum atomic E-state index is 13.0. The van der Waals surface area contributed by atoms with Crippen molar-refractivity contribution in [1.29, 1.82) is 0 Å². The number of nitrogens with one attached hydrogen (secondary N) is 3. The van der Waals surface area contributed by atoms with Crippen molar-refractivity contribution in [3.8, 4) is 0 Å². The van der Waals surface area contributed by atoms with Gasteiger partial charge in [0, 0.05) is 37.3 Å². The second-order valence-electron chi connectivity index (χ2n) is 10.5. The number of carboxylic acids is 1. The summed E-state index contributed by atoms with van der Waals surface area (Å²) in [4.78, 5) is 37.6. The Morgan fingerprint density at radius 2 is 1.29 bits per heavy atom. The van der Waals surface area contributed by atoms with Crippen molar-refractivity contribution in [3.63, 3.8) is 0 Å². The van der Waals surface area contributed by atoms with Gasteiger partial charge in [0.05, 0.1) is 66.1 Å². The summed E-state index contributed by atoms with van der Waals surface area (Å²) in [5.74, 6) is -2.69. The lowest BCUT2D eigenvalue weighted by atomic mass is 9.76. The SMILES string of the molecule is CNc1ccc(C(=O)N[C@@H](CC(C(=O)NCCOCCOCCOCCOCCOCCN)C(C)(C)C)C(=O)O)cc1. The van der Waals surface area contributed by atoms with Crippen molar-refractivity contribution in [2.75, 3.05) is 91.5 Å². The van der Waals surface area contributed by atoms with Crippen molar-refractivity contribution in [3.05, 3.63) is 29.8 Å². The maximum absolute atomic E-state index is 13.0. The van der Waals surface area contributed by atoms with E-state index in [2.05, 4.69) is 16.0 Å². The van der Waals surface area contributed by atoms with E-state index in [1.807, 2.05) is 20.8 Å². The normalized spacial score (nSPS) is 12.9. The van der Waals surface area contributed by atoms with E-state index >= 15 is 0 Å². The van der Waals surface area contributed by atoms with E-state index in [1.54, 1.807) is 31.3 Å². The molecule has 1 aromatic carbocycles. The Hall–Kier alpha value is -2.81. The van der Waals surface area contributed by atoms with Gasteiger partial charge in [0.2, 0.25) is 5.91 Å². The van der Waals surface area contributed by atoms with Gasteiger partial charge in [0.25, 0.3) is 5.91 Å². The second-order valence-corrected chi connectivity index (χ2v) is 10.5. The zero-order valence-electron chi connectivity index (χ0n) is 25.4. The first kappa shape index (κ1) is 37.2. The van der Waals surface area contributed by atoms with Crippen LogP contribution in [0, 0.1) is 11.3 Å². The third-order valence-corrected chi connectivity index (χ3v) is 6.17. The molecule has 0 radical (unpaired) electrons. The smallest absolute Gasteiger partial charge is 0.326 e. The summed E-state index contributed by atoms with van der Waals surface area (Å²) in [6, 6.07) is 5.42. The number of carbonyl (C=O) groups is 3. The van der Waals surface area contributed by atoms with E-state index in [0.717, 1.165) is 5.69 Å². The first-order valence-corrected chi connectivity index (χ1v) is 14.3. The summed E-state index contributed by atoms with van der Waals surface area (Å²) >= 11 is 0. The number of rotatable bonds is 24. The van der Waals surface area contributed by atoms with Gasteiger partial charge in [-0.25, -0.2) is 4.79 Å². The van der Waals surface area contributed by atoms with Crippen molar-refractivity contribution in [1.82, 2.24) is 10.6 Å². The van der Waals surface area contributed by atoms with Gasteiger partial charge in [-0.2, -0.15) is 0 Å². The summed E-state index contributed by atoms with van der Waals surface area (Å²) in [7, 11) is 1.76. The lowest BCUT2D eigenvalue weighted by molar-refractivity contribution is -0.140. The average molecular weight is 599 g/mol. The quantitative estimate of drug-likeness (QED) is 0.108. The van der Waals surface area contributed by atoms with Crippen molar-refractivity contribution in [2.24, 2.45) is 17.1 Å². The van der Waals surface area contributed by atoms with Gasteiger partial charge >= 0.3 is 5.97 Å². The Labute approximate surface area is 249 Å². The molecule has 0 saturated carbocycles. The number of hydrogen-bond donors (Lipinski definition) is 5. The molecule has 0 bridgehead atoms. The topological polar surface area (TPSA) is 180 Å². The van der Waals surface area contributed by atoms with Crippen LogP contribution in [0.25, 0.3) is 0 Å². The molecule has 6 N–H and O–H groups in total. The number of aliphatic carboxylic acids is 1. The lowest BCUT2D eigenvalue weighted by Crippen LogP contribution is -2.47. The van der Waals surface area contributed by atoms with Crippen LogP contribution in [0.5, 0.6) is 0 Å². The van der Waals surface area contributed by atoms with E-state index in [0.29, 0.717) is 71.6 Å². The summed E-state index contributed by atoms with van der Waals surface area (Å²) in [6.45, 7) is 10.7. The second kappa shape index (κ2) is 21.8. The van der Waals surface area contributed by atoms with E-state index in [-0.39, 0.29) is 25.5 Å². The minimum Gasteiger partial charge on any atom is -0.480 e. The molecule has 0 aliphatic heterocycles. The zero-order valence-corrected chi connectivity index (χ0v) is 25.4. The van der Waals surface area contributed by atoms with Crippen molar-refractivity contribution >= 4 is 23.5 Å². The van der Waals surface area contributed by atoms with Crippen LogP contribution < -0.4 is 21.7 Å². The number of carbonyl (C=O) groups excluding carboxylic acids is 2. The third-order valence-electron chi connectivity index (χ3n) is 6.17. The molecule has 0 aromatic heterocycles. The molecule has 0 aliphatic rings. The zero-order chi connectivity index (χ0) is 31.2. The molecule has 2 amide bonds. The molecule has 2 atom stereocenters. The highest BCUT2D eigenvalue weighted by Crippen LogP contribution is 2.30. The average Bonchev–Trinajstić information content (AvgIpc) is 2.95. The number of benzene rings is 1. The standard InChI is InChI=1S/C29H50N4O9/c1-29(2,3)24(21-25(28(36)37)33-26(34)22-5-7-23(31-4)8-6-22)27(35)32-10-12-39-14-16-41-18-20-42-19-17-40-15-13-38-11-9-30/h5-8,24-25,31H,9-21,30H2,1-4H3,(H,32,35)(H,33,34)(H,36,37)/t24?,25-/m0/s1. The van der Waals surface area contributed by atoms with E-state index < -0.39 is 29.3 Å². The fraction of sp³-hybridized carbons (Fsp3) is 0.690. The maximum Gasteiger partial charge on any atom is 0.326 e. The Balaban J connectivity index is 2.29. The van der Waals surface area contributed by atoms with Crippen LogP contribution in [-0.4, -0.2) is 115 Å². The van der Waals surface area contributed by atoms with Crippen LogP contribution in [-0.2, 0) is 33.3 Å². The van der Waals surface area contributed by atoms with Gasteiger partial charge < -0.3 is 50.5 Å². The molecule has 0 saturated heterocycles. The predicted molar refractivity (Wildman–Crippen MR) is 159 cm³/mol. The highest BCUT2D eigenvalue weighted by atomic mass is 16.6. The summed E-state index contributed by atoms with van der Waals surface area (Å²) < 4.78 is 26.9. The Kier molecular flexibility index (Phi) is 19.3. The number of anilines is 1. The number of hydrogen-bond acceptors (Lipinski definition) is 10. The molecule has 1 rings (SSSR count). The van der Waals surface area contributed by atoms with Gasteiger partial charge in [-0.05, 0) is 36.1 Å². The van der Waals surface area contributed by atoms with Crippen molar-refractivity contribution in [2.45, 2.75) is 33.2 Å². The lowest BCUT2D eigenvalue weighted by Gasteiger charge is -2.31. The number of nitrogens with two attached hydrogens (primary N) is 1. The van der Waals surface area contributed by atoms with E-state index in [9.17, 15) is 19.5 Å². The van der Waals surface area contributed by atoms with Crippen LogP contribution in [0.4, 0.5) is 5.69 Å². The van der Waals surface area contributed by atoms with E-state index in [1.165, 1.54) is 0 Å². The molecule has 1 unspecified atom stereocenters. The largest absolute Gasteiger partial charge is 0.480 e. The molecular weight excluding hydrogens is 548 g/mol. The summed E-state index contributed by atoms with van der Waals surface area (Å²) in [5.41, 5.74) is 5.94. The van der Waals surface area contributed by atoms with Crippen molar-refractivity contribution < 1.29 is 43.2 Å². The Bertz CT molecular complexity index is 894. The van der Waals surface area contributed by atoms with Gasteiger partial charge in [-0.3, -0.25) is 9.59 Å². The molecule has 240 valence electrons. The summed E-state index contributed by atoms with van der Waals surface area (Å²) in [5, 5.41) is 18.1. The van der Waals surface area contributed by atoms with Gasteiger partial charge in [0.1, 0.15) is 6.04 Å². The molecule has 13 heteroatoms. The van der Waals surface area contributed by atoms with Crippen LogP contribution in [0.1, 0.15) is 37.6 Å². The molecule has 0 aliphatic carbocycles. The highest BCUT2D eigenvalue weighted by molar-refractivity contribution is 5.97. The van der Waals surface area contributed by atoms with E-state index in [4.69, 9.17) is 29.4 Å². The molecule has 42 heavy (non-hydrogen) atoms. The number of ether oxygens (including phenoxy) is 5. The molecular formula is C29H50N4O9. The van der Waals surface area contributed by atoms with Gasteiger partial charge in [-0.15, -0.1) is 0 Å². The summed E-state index contributed by atoms with van der Waals surface area (Å²) in [6.07, 6.45) is -0.0584. The molecule has 0 spiro atoms. The fourth-order valence-corrected chi connectivity index (χ4v) is 3.78. The Morgan fingerprint density at radius 1 is 0.810 bits per heavy atom. The van der Waals surface area contributed by atoms with Crippen LogP contribution in [0.15, 0.2) is 24.3 Å². The van der Waals surface area contributed by atoms with Crippen LogP contribution >= 0.6 is 0 Å². The molecule has 0 heterocycles. The molecule has 1 aromatic rings.